The van der Waals surface area contributed by atoms with Crippen LogP contribution in [0.25, 0.3) is 0 Å². The van der Waals surface area contributed by atoms with E-state index in [1.54, 1.807) is 22.6 Å². The fourth-order valence-corrected chi connectivity index (χ4v) is 1.79. The number of nitro benzene ring substituents is 1. The van der Waals surface area contributed by atoms with E-state index in [0.717, 1.165) is 0 Å². The molecule has 1 aromatic carbocycles. The van der Waals surface area contributed by atoms with Gasteiger partial charge in [-0.2, -0.15) is 0 Å². The molecule has 0 fully saturated rings. The van der Waals surface area contributed by atoms with Crippen LogP contribution in [-0.2, 0) is 0 Å². The Balaban J connectivity index is 2.68. The molecule has 0 spiro atoms. The average molecular weight is 358 g/mol. The van der Waals surface area contributed by atoms with Gasteiger partial charge in [0.25, 0.3) is 12.1 Å². The number of nitro groups is 1. The molecule has 0 aliphatic carbocycles. The van der Waals surface area contributed by atoms with E-state index < -0.39 is 17.5 Å². The van der Waals surface area contributed by atoms with E-state index in [4.69, 9.17) is 5.11 Å². The van der Waals surface area contributed by atoms with Crippen LogP contribution in [0.3, 0.4) is 0 Å². The van der Waals surface area contributed by atoms with Gasteiger partial charge in [-0.1, -0.05) is 0 Å². The SMILES string of the molecule is O=[N+]([O-])c1ccc(NCC(O)C(F)F)cc1I. The number of anilines is 1. The second-order valence-corrected chi connectivity index (χ2v) is 4.37. The highest BCUT2D eigenvalue weighted by molar-refractivity contribution is 14.1. The molecule has 1 rings (SSSR count). The van der Waals surface area contributed by atoms with Gasteiger partial charge in [-0.05, 0) is 34.7 Å². The molecule has 1 aromatic rings. The molecule has 0 heterocycles. The Labute approximate surface area is 109 Å². The van der Waals surface area contributed by atoms with Gasteiger partial charge in [0, 0.05) is 18.3 Å². The maximum absolute atomic E-state index is 12.0. The zero-order valence-electron chi connectivity index (χ0n) is 8.44. The Morgan fingerprint density at radius 2 is 2.18 bits per heavy atom. The lowest BCUT2D eigenvalue weighted by molar-refractivity contribution is -0.385. The molecule has 1 atom stereocenters. The molecule has 0 radical (unpaired) electrons. The van der Waals surface area contributed by atoms with E-state index >= 15 is 0 Å². The molecule has 8 heteroatoms. The second kappa shape index (κ2) is 6.05. The highest BCUT2D eigenvalue weighted by atomic mass is 127. The van der Waals surface area contributed by atoms with E-state index in [1.807, 2.05) is 0 Å². The zero-order chi connectivity index (χ0) is 13.0. The first-order valence-electron chi connectivity index (χ1n) is 4.56. The predicted molar refractivity (Wildman–Crippen MR) is 66.3 cm³/mol. The van der Waals surface area contributed by atoms with Gasteiger partial charge < -0.3 is 10.4 Å². The van der Waals surface area contributed by atoms with Gasteiger partial charge in [0.05, 0.1) is 8.49 Å². The summed E-state index contributed by atoms with van der Waals surface area (Å²) in [5.74, 6) is 0. The number of nitrogens with one attached hydrogen (secondary N) is 1. The van der Waals surface area contributed by atoms with Crippen molar-refractivity contribution in [3.63, 3.8) is 0 Å². The van der Waals surface area contributed by atoms with Gasteiger partial charge in [-0.15, -0.1) is 0 Å². The monoisotopic (exact) mass is 358 g/mol. The van der Waals surface area contributed by atoms with Crippen LogP contribution >= 0.6 is 22.6 Å². The van der Waals surface area contributed by atoms with Crippen LogP contribution in [0.2, 0.25) is 0 Å². The fourth-order valence-electron chi connectivity index (χ4n) is 1.08. The summed E-state index contributed by atoms with van der Waals surface area (Å²) >= 11 is 1.78. The second-order valence-electron chi connectivity index (χ2n) is 3.21. The normalized spacial score (nSPS) is 12.5. The van der Waals surface area contributed by atoms with E-state index in [9.17, 15) is 18.9 Å². The standard InChI is InChI=1S/C9H9F2IN2O3/c10-9(11)8(15)4-13-5-1-2-7(14(16)17)6(12)3-5/h1-3,8-9,13,15H,4H2. The number of nitrogens with zero attached hydrogens (tertiary/aromatic N) is 1. The van der Waals surface area contributed by atoms with E-state index in [0.29, 0.717) is 9.26 Å². The quantitative estimate of drug-likeness (QED) is 0.481. The summed E-state index contributed by atoms with van der Waals surface area (Å²) in [7, 11) is 0. The Kier molecular flexibility index (Phi) is 5.00. The molecular formula is C9H9F2IN2O3. The van der Waals surface area contributed by atoms with E-state index in [1.165, 1.54) is 18.2 Å². The average Bonchev–Trinajstić information content (AvgIpc) is 2.25. The largest absolute Gasteiger partial charge is 0.385 e. The molecule has 0 saturated carbocycles. The van der Waals surface area contributed by atoms with Gasteiger partial charge in [0.2, 0.25) is 0 Å². The number of halogens is 3. The van der Waals surface area contributed by atoms with Crippen LogP contribution in [0.1, 0.15) is 0 Å². The molecule has 94 valence electrons. The van der Waals surface area contributed by atoms with Crippen molar-refractivity contribution in [2.75, 3.05) is 11.9 Å². The summed E-state index contributed by atoms with van der Waals surface area (Å²) in [5, 5.41) is 22.0. The van der Waals surface area contributed by atoms with Crippen LogP contribution in [0.4, 0.5) is 20.2 Å². The summed E-state index contributed by atoms with van der Waals surface area (Å²) in [5.41, 5.74) is 0.394. The lowest BCUT2D eigenvalue weighted by Crippen LogP contribution is -2.26. The maximum atomic E-state index is 12.0. The minimum absolute atomic E-state index is 0.0504. The Morgan fingerprint density at radius 3 is 2.65 bits per heavy atom. The number of rotatable bonds is 5. The lowest BCUT2D eigenvalue weighted by atomic mass is 10.2. The van der Waals surface area contributed by atoms with Crippen LogP contribution in [0, 0.1) is 13.7 Å². The van der Waals surface area contributed by atoms with Gasteiger partial charge in [-0.3, -0.25) is 10.1 Å². The van der Waals surface area contributed by atoms with Crippen molar-refractivity contribution in [2.45, 2.75) is 12.5 Å². The summed E-state index contributed by atoms with van der Waals surface area (Å²) < 4.78 is 24.4. The Morgan fingerprint density at radius 1 is 1.53 bits per heavy atom. The highest BCUT2D eigenvalue weighted by Crippen LogP contribution is 2.24. The first-order valence-corrected chi connectivity index (χ1v) is 5.63. The molecule has 0 saturated heterocycles. The molecule has 2 N–H and O–H groups in total. The third-order valence-corrected chi connectivity index (χ3v) is 2.81. The third-order valence-electron chi connectivity index (χ3n) is 1.95. The minimum atomic E-state index is -2.82. The molecule has 17 heavy (non-hydrogen) atoms. The number of aliphatic hydroxyl groups excluding tert-OH is 1. The first-order chi connectivity index (χ1) is 7.91. The molecule has 1 unspecified atom stereocenters. The summed E-state index contributed by atoms with van der Waals surface area (Å²) in [6.07, 6.45) is -4.58. The third kappa shape index (κ3) is 4.04. The molecule has 0 amide bonds. The van der Waals surface area contributed by atoms with Crippen molar-refractivity contribution >= 4 is 34.0 Å². The highest BCUT2D eigenvalue weighted by Gasteiger charge is 2.17. The van der Waals surface area contributed by atoms with Crippen molar-refractivity contribution < 1.29 is 18.8 Å². The summed E-state index contributed by atoms with van der Waals surface area (Å²) in [4.78, 5) is 10.0. The topological polar surface area (TPSA) is 75.4 Å². The van der Waals surface area contributed by atoms with E-state index in [-0.39, 0.29) is 12.2 Å². The number of hydrogen-bond acceptors (Lipinski definition) is 4. The van der Waals surface area contributed by atoms with E-state index in [2.05, 4.69) is 5.32 Å². The van der Waals surface area contributed by atoms with Crippen LogP contribution in [0.15, 0.2) is 18.2 Å². The molecule has 0 aliphatic rings. The van der Waals surface area contributed by atoms with Crippen molar-refractivity contribution in [1.29, 1.82) is 0 Å². The fraction of sp³-hybridized carbons (Fsp3) is 0.333. The van der Waals surface area contributed by atoms with Gasteiger partial charge in [0.1, 0.15) is 6.10 Å². The number of benzene rings is 1. The van der Waals surface area contributed by atoms with Gasteiger partial charge in [0.15, 0.2) is 0 Å². The van der Waals surface area contributed by atoms with Gasteiger partial charge in [-0.25, -0.2) is 8.78 Å². The molecule has 5 nitrogen and oxygen atoms in total. The Hall–Kier alpha value is -1.03. The minimum Gasteiger partial charge on any atom is -0.385 e. The maximum Gasteiger partial charge on any atom is 0.282 e. The molecular weight excluding hydrogens is 349 g/mol. The summed E-state index contributed by atoms with van der Waals surface area (Å²) in [6.45, 7) is -0.314. The van der Waals surface area contributed by atoms with Crippen LogP contribution in [-0.4, -0.2) is 29.1 Å². The van der Waals surface area contributed by atoms with Crippen molar-refractivity contribution in [3.8, 4) is 0 Å². The van der Waals surface area contributed by atoms with Crippen molar-refractivity contribution in [2.24, 2.45) is 0 Å². The lowest BCUT2D eigenvalue weighted by Gasteiger charge is -2.11. The van der Waals surface area contributed by atoms with Crippen molar-refractivity contribution in [3.05, 3.63) is 31.9 Å². The van der Waals surface area contributed by atoms with Crippen molar-refractivity contribution in [1.82, 2.24) is 0 Å². The molecule has 0 bridgehead atoms. The zero-order valence-corrected chi connectivity index (χ0v) is 10.6. The Bertz CT molecular complexity index is 417. The van der Waals surface area contributed by atoms with Crippen LogP contribution < -0.4 is 5.32 Å². The smallest absolute Gasteiger partial charge is 0.282 e. The number of hydrogen-bond donors (Lipinski definition) is 2. The van der Waals surface area contributed by atoms with Gasteiger partial charge >= 0.3 is 0 Å². The number of alkyl halides is 2. The molecule has 0 aromatic heterocycles. The predicted octanol–water partition coefficient (Wildman–Crippen LogP) is 2.24. The summed E-state index contributed by atoms with van der Waals surface area (Å²) in [6, 6.07) is 4.13. The number of aliphatic hydroxyl groups is 1. The first kappa shape index (κ1) is 14.0. The molecule has 0 aliphatic heterocycles. The van der Waals surface area contributed by atoms with Crippen LogP contribution in [0.5, 0.6) is 0 Å².